The lowest BCUT2D eigenvalue weighted by atomic mass is 9.84. The molecule has 0 saturated carbocycles. The first-order valence-electron chi connectivity index (χ1n) is 7.45. The molecule has 1 fully saturated rings. The Hall–Kier alpha value is -0.570. The Bertz CT molecular complexity index is 280. The summed E-state index contributed by atoms with van der Waals surface area (Å²) in [5.74, 6) is 0.0275. The maximum Gasteiger partial charge on any atom is 0.323 e. The zero-order chi connectivity index (χ0) is 13.8. The standard InChI is InChI=1S/C15H29NO2/c1-5-12(3)11-13(6-2)16-10-8-7-9-15(16,4)14(17)18/h12-13H,5-11H2,1-4H3,(H,17,18). The summed E-state index contributed by atoms with van der Waals surface area (Å²) in [6.45, 7) is 9.52. The highest BCUT2D eigenvalue weighted by Crippen LogP contribution is 2.33. The van der Waals surface area contributed by atoms with E-state index in [-0.39, 0.29) is 0 Å². The summed E-state index contributed by atoms with van der Waals surface area (Å²) in [5, 5.41) is 9.56. The van der Waals surface area contributed by atoms with Crippen molar-refractivity contribution < 1.29 is 9.90 Å². The van der Waals surface area contributed by atoms with Gasteiger partial charge >= 0.3 is 5.97 Å². The quantitative estimate of drug-likeness (QED) is 0.789. The summed E-state index contributed by atoms with van der Waals surface area (Å²) in [7, 11) is 0. The molecule has 0 radical (unpaired) electrons. The fourth-order valence-electron chi connectivity index (χ4n) is 3.10. The van der Waals surface area contributed by atoms with Gasteiger partial charge in [0.1, 0.15) is 5.54 Å². The van der Waals surface area contributed by atoms with Gasteiger partial charge in [0.15, 0.2) is 0 Å². The fraction of sp³-hybridized carbons (Fsp3) is 0.933. The van der Waals surface area contributed by atoms with Crippen LogP contribution in [0.4, 0.5) is 0 Å². The molecule has 3 unspecified atom stereocenters. The molecule has 1 saturated heterocycles. The SMILES string of the molecule is CCC(C)CC(CC)N1CCCCC1(C)C(=O)O. The van der Waals surface area contributed by atoms with Crippen LogP contribution in [-0.2, 0) is 4.79 Å². The first kappa shape index (κ1) is 15.5. The van der Waals surface area contributed by atoms with E-state index in [1.165, 1.54) is 6.42 Å². The predicted octanol–water partition coefficient (Wildman–Crippen LogP) is 3.53. The van der Waals surface area contributed by atoms with E-state index >= 15 is 0 Å². The van der Waals surface area contributed by atoms with Crippen molar-refractivity contribution in [3.05, 3.63) is 0 Å². The van der Waals surface area contributed by atoms with Crippen LogP contribution in [0.25, 0.3) is 0 Å². The molecule has 1 aliphatic rings. The number of rotatable bonds is 6. The Morgan fingerprint density at radius 3 is 2.50 bits per heavy atom. The maximum atomic E-state index is 11.6. The Morgan fingerprint density at radius 1 is 1.33 bits per heavy atom. The molecule has 0 aromatic carbocycles. The predicted molar refractivity (Wildman–Crippen MR) is 74.7 cm³/mol. The van der Waals surface area contributed by atoms with E-state index in [0.29, 0.717) is 12.0 Å². The number of carbonyl (C=O) groups is 1. The third-order valence-corrected chi connectivity index (χ3v) is 4.69. The van der Waals surface area contributed by atoms with Crippen LogP contribution < -0.4 is 0 Å². The lowest BCUT2D eigenvalue weighted by molar-refractivity contribution is -0.155. The van der Waals surface area contributed by atoms with Crippen LogP contribution in [0.5, 0.6) is 0 Å². The highest BCUT2D eigenvalue weighted by molar-refractivity contribution is 5.78. The average molecular weight is 255 g/mol. The van der Waals surface area contributed by atoms with Crippen molar-refractivity contribution in [2.75, 3.05) is 6.54 Å². The lowest BCUT2D eigenvalue weighted by Gasteiger charge is -2.46. The molecule has 1 N–H and O–H groups in total. The van der Waals surface area contributed by atoms with E-state index in [2.05, 4.69) is 25.7 Å². The summed E-state index contributed by atoms with van der Waals surface area (Å²) >= 11 is 0. The van der Waals surface area contributed by atoms with Gasteiger partial charge in [-0.3, -0.25) is 9.69 Å². The van der Waals surface area contributed by atoms with E-state index in [9.17, 15) is 9.90 Å². The van der Waals surface area contributed by atoms with Crippen molar-refractivity contribution in [2.24, 2.45) is 5.92 Å². The number of hydrogen-bond donors (Lipinski definition) is 1. The second-order valence-corrected chi connectivity index (χ2v) is 6.04. The highest BCUT2D eigenvalue weighted by atomic mass is 16.4. The topological polar surface area (TPSA) is 40.5 Å². The number of likely N-dealkylation sites (tertiary alicyclic amines) is 1. The molecule has 18 heavy (non-hydrogen) atoms. The monoisotopic (exact) mass is 255 g/mol. The van der Waals surface area contributed by atoms with Gasteiger partial charge in [0, 0.05) is 6.04 Å². The molecular formula is C15H29NO2. The summed E-state index contributed by atoms with van der Waals surface area (Å²) in [5.41, 5.74) is -0.646. The van der Waals surface area contributed by atoms with Gasteiger partial charge in [-0.25, -0.2) is 0 Å². The smallest absolute Gasteiger partial charge is 0.323 e. The van der Waals surface area contributed by atoms with Gasteiger partial charge in [-0.15, -0.1) is 0 Å². The van der Waals surface area contributed by atoms with E-state index in [1.54, 1.807) is 0 Å². The molecule has 106 valence electrons. The molecule has 3 heteroatoms. The van der Waals surface area contributed by atoms with Gasteiger partial charge in [0.25, 0.3) is 0 Å². The van der Waals surface area contributed by atoms with Gasteiger partial charge in [-0.1, -0.05) is 27.2 Å². The molecule has 0 aromatic rings. The summed E-state index contributed by atoms with van der Waals surface area (Å²) in [6, 6.07) is 0.418. The summed E-state index contributed by atoms with van der Waals surface area (Å²) in [6.07, 6.45) is 6.31. The van der Waals surface area contributed by atoms with E-state index in [0.717, 1.165) is 38.6 Å². The van der Waals surface area contributed by atoms with Crippen molar-refractivity contribution in [2.45, 2.75) is 77.8 Å². The molecule has 1 heterocycles. The molecule has 0 aliphatic carbocycles. The van der Waals surface area contributed by atoms with Gasteiger partial charge in [0.2, 0.25) is 0 Å². The maximum absolute atomic E-state index is 11.6. The normalized spacial score (nSPS) is 28.9. The van der Waals surface area contributed by atoms with Gasteiger partial charge in [-0.2, -0.15) is 0 Å². The minimum Gasteiger partial charge on any atom is -0.480 e. The Balaban J connectivity index is 2.83. The van der Waals surface area contributed by atoms with E-state index < -0.39 is 11.5 Å². The van der Waals surface area contributed by atoms with Crippen molar-refractivity contribution in [3.63, 3.8) is 0 Å². The van der Waals surface area contributed by atoms with E-state index in [1.807, 2.05) is 6.92 Å². The molecule has 0 spiro atoms. The van der Waals surface area contributed by atoms with Crippen molar-refractivity contribution in [3.8, 4) is 0 Å². The van der Waals surface area contributed by atoms with Crippen LogP contribution in [0.2, 0.25) is 0 Å². The van der Waals surface area contributed by atoms with Crippen molar-refractivity contribution in [1.29, 1.82) is 0 Å². The minimum atomic E-state index is -0.648. The van der Waals surface area contributed by atoms with Crippen LogP contribution in [-0.4, -0.2) is 34.1 Å². The highest BCUT2D eigenvalue weighted by Gasteiger charge is 2.43. The Kier molecular flexibility index (Phi) is 5.64. The minimum absolute atomic E-state index is 0.418. The molecule has 0 bridgehead atoms. The number of nitrogens with zero attached hydrogens (tertiary/aromatic N) is 1. The zero-order valence-corrected chi connectivity index (χ0v) is 12.4. The number of hydrogen-bond acceptors (Lipinski definition) is 2. The lowest BCUT2D eigenvalue weighted by Crippen LogP contribution is -2.59. The van der Waals surface area contributed by atoms with Crippen LogP contribution in [0, 0.1) is 5.92 Å². The Morgan fingerprint density at radius 2 is 2.00 bits per heavy atom. The fourth-order valence-corrected chi connectivity index (χ4v) is 3.10. The first-order chi connectivity index (χ1) is 8.45. The van der Waals surface area contributed by atoms with Gasteiger partial charge in [-0.05, 0) is 51.5 Å². The molecule has 0 amide bonds. The summed E-state index contributed by atoms with van der Waals surface area (Å²) < 4.78 is 0. The number of carboxylic acid groups (broad SMARTS) is 1. The molecule has 1 rings (SSSR count). The third-order valence-electron chi connectivity index (χ3n) is 4.69. The molecule has 3 nitrogen and oxygen atoms in total. The number of carboxylic acids is 1. The van der Waals surface area contributed by atoms with Crippen molar-refractivity contribution >= 4 is 5.97 Å². The molecule has 0 aromatic heterocycles. The van der Waals surface area contributed by atoms with Crippen molar-refractivity contribution in [1.82, 2.24) is 4.90 Å². The second kappa shape index (κ2) is 6.55. The van der Waals surface area contributed by atoms with E-state index in [4.69, 9.17) is 0 Å². The Labute approximate surface area is 112 Å². The van der Waals surface area contributed by atoms with Crippen LogP contribution in [0.1, 0.15) is 66.2 Å². The number of aliphatic carboxylic acids is 1. The van der Waals surface area contributed by atoms with Gasteiger partial charge < -0.3 is 5.11 Å². The van der Waals surface area contributed by atoms with Crippen LogP contribution >= 0.6 is 0 Å². The summed E-state index contributed by atoms with van der Waals surface area (Å²) in [4.78, 5) is 13.9. The number of piperidine rings is 1. The molecular weight excluding hydrogens is 226 g/mol. The zero-order valence-electron chi connectivity index (χ0n) is 12.4. The largest absolute Gasteiger partial charge is 0.480 e. The third kappa shape index (κ3) is 3.25. The van der Waals surface area contributed by atoms with Crippen LogP contribution in [0.15, 0.2) is 0 Å². The molecule has 1 aliphatic heterocycles. The average Bonchev–Trinajstić information content (AvgIpc) is 2.36. The second-order valence-electron chi connectivity index (χ2n) is 6.04. The van der Waals surface area contributed by atoms with Gasteiger partial charge in [0.05, 0.1) is 0 Å². The van der Waals surface area contributed by atoms with Crippen LogP contribution in [0.3, 0.4) is 0 Å². The molecule has 3 atom stereocenters. The first-order valence-corrected chi connectivity index (χ1v) is 7.45.